The molecule has 1 aliphatic rings. The molecule has 0 atom stereocenters. The highest BCUT2D eigenvalue weighted by Crippen LogP contribution is 2.30. The van der Waals surface area contributed by atoms with Gasteiger partial charge in [0.15, 0.2) is 6.61 Å². The van der Waals surface area contributed by atoms with Gasteiger partial charge < -0.3 is 20.7 Å². The summed E-state index contributed by atoms with van der Waals surface area (Å²) in [4.78, 5) is 23.0. The zero-order valence-corrected chi connectivity index (χ0v) is 11.9. The van der Waals surface area contributed by atoms with Gasteiger partial charge in [0.1, 0.15) is 5.75 Å². The summed E-state index contributed by atoms with van der Waals surface area (Å²) in [5, 5.41) is 8.57. The maximum absolute atomic E-state index is 11.8. The van der Waals surface area contributed by atoms with Crippen LogP contribution in [0.1, 0.15) is 20.8 Å². The van der Waals surface area contributed by atoms with E-state index in [0.29, 0.717) is 17.1 Å². The summed E-state index contributed by atoms with van der Waals surface area (Å²) in [7, 11) is 0. The van der Waals surface area contributed by atoms with E-state index in [4.69, 9.17) is 4.74 Å². The second kappa shape index (κ2) is 5.50. The van der Waals surface area contributed by atoms with E-state index in [-0.39, 0.29) is 30.5 Å². The van der Waals surface area contributed by atoms with Gasteiger partial charge in [-0.3, -0.25) is 9.59 Å². The molecule has 0 radical (unpaired) electrons. The van der Waals surface area contributed by atoms with E-state index in [1.807, 2.05) is 20.8 Å². The Kier molecular flexibility index (Phi) is 3.94. The molecule has 3 N–H and O–H groups in total. The maximum atomic E-state index is 11.8. The first-order chi connectivity index (χ1) is 9.33. The molecule has 0 spiro atoms. The second-order valence-corrected chi connectivity index (χ2v) is 5.70. The van der Waals surface area contributed by atoms with Crippen LogP contribution in [-0.2, 0) is 9.59 Å². The van der Waals surface area contributed by atoms with E-state index in [2.05, 4.69) is 16.0 Å². The number of nitrogens with one attached hydrogen (secondary N) is 3. The second-order valence-electron chi connectivity index (χ2n) is 5.70. The number of hydrogen-bond acceptors (Lipinski definition) is 4. The summed E-state index contributed by atoms with van der Waals surface area (Å²) >= 11 is 0. The van der Waals surface area contributed by atoms with Gasteiger partial charge in [0.05, 0.1) is 12.2 Å². The number of fused-ring (bicyclic) bond motifs is 1. The van der Waals surface area contributed by atoms with Crippen LogP contribution in [0.2, 0.25) is 0 Å². The van der Waals surface area contributed by atoms with E-state index < -0.39 is 0 Å². The maximum Gasteiger partial charge on any atom is 0.262 e. The fraction of sp³-hybridized carbons (Fsp3) is 0.429. The molecule has 0 fully saturated rings. The number of hydrogen-bond donors (Lipinski definition) is 3. The Morgan fingerprint density at radius 3 is 2.85 bits per heavy atom. The molecular formula is C14H19N3O3. The van der Waals surface area contributed by atoms with Crippen molar-refractivity contribution < 1.29 is 14.3 Å². The molecule has 0 bridgehead atoms. The van der Waals surface area contributed by atoms with Crippen molar-refractivity contribution in [2.24, 2.45) is 0 Å². The molecule has 0 aliphatic carbocycles. The molecular weight excluding hydrogens is 258 g/mol. The Balaban J connectivity index is 1.98. The minimum Gasteiger partial charge on any atom is -0.482 e. The predicted octanol–water partition coefficient (Wildman–Crippen LogP) is 1.34. The molecule has 1 aromatic carbocycles. The van der Waals surface area contributed by atoms with Crippen LogP contribution in [0.25, 0.3) is 0 Å². The molecule has 6 heteroatoms. The van der Waals surface area contributed by atoms with E-state index in [1.54, 1.807) is 18.2 Å². The third-order valence-electron chi connectivity index (χ3n) is 2.68. The summed E-state index contributed by atoms with van der Waals surface area (Å²) in [5.41, 5.74) is 1.08. The summed E-state index contributed by atoms with van der Waals surface area (Å²) in [6, 6.07) is 5.15. The number of carbonyl (C=O) groups is 2. The van der Waals surface area contributed by atoms with Crippen LogP contribution in [0, 0.1) is 0 Å². The van der Waals surface area contributed by atoms with Crippen molar-refractivity contribution >= 4 is 23.2 Å². The molecule has 1 heterocycles. The first kappa shape index (κ1) is 14.3. The Morgan fingerprint density at radius 2 is 2.15 bits per heavy atom. The average molecular weight is 277 g/mol. The van der Waals surface area contributed by atoms with Gasteiger partial charge in [-0.2, -0.15) is 0 Å². The fourth-order valence-corrected chi connectivity index (χ4v) is 1.71. The lowest BCUT2D eigenvalue weighted by Gasteiger charge is -2.21. The number of anilines is 2. The van der Waals surface area contributed by atoms with Crippen molar-refractivity contribution in [1.29, 1.82) is 0 Å². The number of carbonyl (C=O) groups excluding carboxylic acids is 2. The Hall–Kier alpha value is -2.08. The summed E-state index contributed by atoms with van der Waals surface area (Å²) < 4.78 is 5.25. The predicted molar refractivity (Wildman–Crippen MR) is 77.0 cm³/mol. The number of benzene rings is 1. The van der Waals surface area contributed by atoms with Crippen molar-refractivity contribution in [2.45, 2.75) is 26.3 Å². The summed E-state index contributed by atoms with van der Waals surface area (Å²) in [6.07, 6.45) is 0. The van der Waals surface area contributed by atoms with Gasteiger partial charge in [0.2, 0.25) is 5.91 Å². The average Bonchev–Trinajstić information content (AvgIpc) is 2.35. The lowest BCUT2D eigenvalue weighted by atomic mass is 10.1. The van der Waals surface area contributed by atoms with Crippen molar-refractivity contribution in [2.75, 3.05) is 23.8 Å². The smallest absolute Gasteiger partial charge is 0.262 e. The van der Waals surface area contributed by atoms with Crippen molar-refractivity contribution in [3.05, 3.63) is 18.2 Å². The van der Waals surface area contributed by atoms with E-state index in [0.717, 1.165) is 0 Å². The topological polar surface area (TPSA) is 79.5 Å². The molecule has 0 unspecified atom stereocenters. The molecule has 0 saturated carbocycles. The highest BCUT2D eigenvalue weighted by molar-refractivity contribution is 5.98. The third kappa shape index (κ3) is 3.96. The Morgan fingerprint density at radius 1 is 1.40 bits per heavy atom. The van der Waals surface area contributed by atoms with Gasteiger partial charge in [-0.1, -0.05) is 0 Å². The van der Waals surface area contributed by atoms with Crippen LogP contribution in [-0.4, -0.2) is 30.5 Å². The van der Waals surface area contributed by atoms with Crippen LogP contribution < -0.4 is 20.7 Å². The molecule has 0 saturated heterocycles. The van der Waals surface area contributed by atoms with Gasteiger partial charge >= 0.3 is 0 Å². The van der Waals surface area contributed by atoms with E-state index >= 15 is 0 Å². The van der Waals surface area contributed by atoms with E-state index in [1.165, 1.54) is 0 Å². The van der Waals surface area contributed by atoms with Crippen LogP contribution in [0.3, 0.4) is 0 Å². The monoisotopic (exact) mass is 277 g/mol. The Labute approximate surface area is 117 Å². The van der Waals surface area contributed by atoms with Crippen LogP contribution in [0.5, 0.6) is 5.75 Å². The minimum atomic E-state index is -0.199. The Bertz CT molecular complexity index is 535. The highest BCUT2D eigenvalue weighted by Gasteiger charge is 2.17. The molecule has 20 heavy (non-hydrogen) atoms. The minimum absolute atomic E-state index is 0.0220. The zero-order valence-electron chi connectivity index (χ0n) is 11.9. The fourth-order valence-electron chi connectivity index (χ4n) is 1.71. The number of amides is 2. The molecule has 1 aliphatic heterocycles. The van der Waals surface area contributed by atoms with Gasteiger partial charge in [-0.25, -0.2) is 0 Å². The van der Waals surface area contributed by atoms with Crippen molar-refractivity contribution in [1.82, 2.24) is 5.32 Å². The van der Waals surface area contributed by atoms with Gasteiger partial charge in [-0.15, -0.1) is 0 Å². The van der Waals surface area contributed by atoms with Crippen molar-refractivity contribution in [3.63, 3.8) is 0 Å². The molecule has 108 valence electrons. The molecule has 1 aromatic rings. The van der Waals surface area contributed by atoms with Gasteiger partial charge in [-0.05, 0) is 39.0 Å². The first-order valence-electron chi connectivity index (χ1n) is 6.45. The number of rotatable bonds is 3. The molecule has 0 aromatic heterocycles. The number of ether oxygens (including phenoxy) is 1. The normalized spacial score (nSPS) is 14.1. The zero-order chi connectivity index (χ0) is 14.8. The first-order valence-corrected chi connectivity index (χ1v) is 6.45. The molecule has 6 nitrogen and oxygen atoms in total. The summed E-state index contributed by atoms with van der Waals surface area (Å²) in [6.45, 7) is 6.22. The molecule has 2 rings (SSSR count). The van der Waals surface area contributed by atoms with Crippen molar-refractivity contribution in [3.8, 4) is 5.75 Å². The van der Waals surface area contributed by atoms with Crippen LogP contribution >= 0.6 is 0 Å². The van der Waals surface area contributed by atoms with Crippen LogP contribution in [0.4, 0.5) is 11.4 Å². The van der Waals surface area contributed by atoms with Gasteiger partial charge in [0, 0.05) is 11.2 Å². The summed E-state index contributed by atoms with van der Waals surface area (Å²) in [5.74, 6) is 0.272. The van der Waals surface area contributed by atoms with E-state index in [9.17, 15) is 9.59 Å². The highest BCUT2D eigenvalue weighted by atomic mass is 16.5. The SMILES string of the molecule is CC(C)(C)NCC(=O)Nc1ccc2c(c1)NC(=O)CO2. The standard InChI is InChI=1S/C14H19N3O3/c1-14(2,3)15-7-12(18)16-9-4-5-11-10(6-9)17-13(19)8-20-11/h4-6,15H,7-8H2,1-3H3,(H,16,18)(H,17,19). The lowest BCUT2D eigenvalue weighted by Crippen LogP contribution is -2.41. The van der Waals surface area contributed by atoms with Gasteiger partial charge in [0.25, 0.3) is 5.91 Å². The van der Waals surface area contributed by atoms with Crippen LogP contribution in [0.15, 0.2) is 18.2 Å². The molecule has 2 amide bonds. The largest absolute Gasteiger partial charge is 0.482 e. The quantitative estimate of drug-likeness (QED) is 0.779. The third-order valence-corrected chi connectivity index (χ3v) is 2.68. The lowest BCUT2D eigenvalue weighted by molar-refractivity contribution is -0.118.